The molecule has 6 heteroatoms. The Balaban J connectivity index is 2.31. The number of aliphatic hydroxyl groups excluding tert-OH is 1. The molecule has 2 aromatic rings. The number of rotatable bonds is 3. The summed E-state index contributed by atoms with van der Waals surface area (Å²) in [4.78, 5) is 0. The summed E-state index contributed by atoms with van der Waals surface area (Å²) in [6.07, 6.45) is 0. The predicted molar refractivity (Wildman–Crippen MR) is 74.2 cm³/mol. The smallest absolute Gasteiger partial charge is 0.197 e. The van der Waals surface area contributed by atoms with Crippen LogP contribution in [0.5, 0.6) is 0 Å². The zero-order valence-corrected chi connectivity index (χ0v) is 12.7. The van der Waals surface area contributed by atoms with Crippen LogP contribution in [-0.2, 0) is 10.8 Å². The van der Waals surface area contributed by atoms with E-state index in [1.54, 1.807) is 0 Å². The molecule has 0 bridgehead atoms. The summed E-state index contributed by atoms with van der Waals surface area (Å²) in [5, 5.41) is 23.4. The molecule has 0 aliphatic heterocycles. The molecule has 1 N–H and O–H groups in total. The van der Waals surface area contributed by atoms with E-state index in [2.05, 4.69) is 36.1 Å². The summed E-state index contributed by atoms with van der Waals surface area (Å²) >= 11 is 1.51. The van der Waals surface area contributed by atoms with Gasteiger partial charge in [-0.1, -0.05) is 51.1 Å². The van der Waals surface area contributed by atoms with Crippen molar-refractivity contribution in [3.8, 4) is 10.8 Å². The molecule has 0 amide bonds. The first-order valence-electron chi connectivity index (χ1n) is 6.16. The minimum absolute atomic E-state index is 0.0162. The van der Waals surface area contributed by atoms with Crippen LogP contribution >= 0.6 is 11.3 Å². The molecule has 0 aliphatic rings. The third-order valence-electron chi connectivity index (χ3n) is 2.88. The summed E-state index contributed by atoms with van der Waals surface area (Å²) < 4.78 is 5.31. The lowest BCUT2D eigenvalue weighted by Crippen LogP contribution is -2.22. The van der Waals surface area contributed by atoms with Gasteiger partial charge in [-0.2, -0.15) is 0 Å². The van der Waals surface area contributed by atoms with Crippen molar-refractivity contribution in [1.29, 1.82) is 0 Å². The van der Waals surface area contributed by atoms with Crippen molar-refractivity contribution in [3.05, 3.63) is 16.8 Å². The van der Waals surface area contributed by atoms with Crippen LogP contribution in [-0.4, -0.2) is 27.1 Å². The minimum Gasteiger partial charge on any atom is -0.395 e. The maximum atomic E-state index is 9.33. The van der Waals surface area contributed by atoms with E-state index in [0.29, 0.717) is 5.76 Å². The Hall–Kier alpha value is -1.27. The van der Waals surface area contributed by atoms with Crippen LogP contribution in [0.3, 0.4) is 0 Å². The quantitative estimate of drug-likeness (QED) is 0.936. The first-order chi connectivity index (χ1) is 8.74. The van der Waals surface area contributed by atoms with E-state index in [1.807, 2.05) is 19.9 Å². The molecule has 0 atom stereocenters. The molecule has 2 rings (SSSR count). The fourth-order valence-electron chi connectivity index (χ4n) is 1.40. The lowest BCUT2D eigenvalue weighted by atomic mass is 9.90. The Bertz CT molecular complexity index is 566. The van der Waals surface area contributed by atoms with Crippen molar-refractivity contribution in [3.63, 3.8) is 0 Å². The van der Waals surface area contributed by atoms with E-state index in [-0.39, 0.29) is 12.0 Å². The highest BCUT2D eigenvalue weighted by atomic mass is 32.1. The molecule has 104 valence electrons. The van der Waals surface area contributed by atoms with Crippen LogP contribution in [0, 0.1) is 0 Å². The normalized spacial score (nSPS) is 12.9. The van der Waals surface area contributed by atoms with Gasteiger partial charge in [-0.3, -0.25) is 0 Å². The molecule has 2 heterocycles. The van der Waals surface area contributed by atoms with Crippen LogP contribution < -0.4 is 0 Å². The second-order valence-electron chi connectivity index (χ2n) is 6.28. The van der Waals surface area contributed by atoms with E-state index in [1.165, 1.54) is 11.3 Å². The van der Waals surface area contributed by atoms with Gasteiger partial charge in [-0.25, -0.2) is 0 Å². The molecule has 0 saturated carbocycles. The van der Waals surface area contributed by atoms with Gasteiger partial charge in [0.15, 0.2) is 10.8 Å². The lowest BCUT2D eigenvalue weighted by molar-refractivity contribution is 0.210. The molecular weight excluding hydrogens is 262 g/mol. The molecule has 19 heavy (non-hydrogen) atoms. The average Bonchev–Trinajstić information content (AvgIpc) is 2.96. The molecule has 0 radical (unpaired) electrons. The van der Waals surface area contributed by atoms with Gasteiger partial charge in [0.25, 0.3) is 0 Å². The van der Waals surface area contributed by atoms with E-state index in [0.717, 1.165) is 15.7 Å². The zero-order chi connectivity index (χ0) is 14.3. The van der Waals surface area contributed by atoms with E-state index >= 15 is 0 Å². The monoisotopic (exact) mass is 281 g/mol. The van der Waals surface area contributed by atoms with Crippen LogP contribution in [0.2, 0.25) is 0 Å². The number of aliphatic hydroxyl groups is 1. The summed E-state index contributed by atoms with van der Waals surface area (Å²) in [7, 11) is 0. The SMILES string of the molecule is CC(C)(C)c1nnc(-c2cc(C(C)(C)CO)no2)s1. The molecule has 0 fully saturated rings. The third kappa shape index (κ3) is 2.84. The topological polar surface area (TPSA) is 72.0 Å². The molecule has 0 saturated heterocycles. The maximum Gasteiger partial charge on any atom is 0.197 e. The highest BCUT2D eigenvalue weighted by molar-refractivity contribution is 7.14. The Labute approximate surface area is 116 Å². The highest BCUT2D eigenvalue weighted by Crippen LogP contribution is 2.32. The van der Waals surface area contributed by atoms with Gasteiger partial charge in [-0.05, 0) is 0 Å². The first-order valence-corrected chi connectivity index (χ1v) is 6.98. The van der Waals surface area contributed by atoms with Gasteiger partial charge in [-0.15, -0.1) is 10.2 Å². The fraction of sp³-hybridized carbons (Fsp3) is 0.615. The maximum absolute atomic E-state index is 9.33. The summed E-state index contributed by atoms with van der Waals surface area (Å²) in [5.41, 5.74) is 0.278. The fourth-order valence-corrected chi connectivity index (χ4v) is 2.25. The van der Waals surface area contributed by atoms with Gasteiger partial charge in [0, 0.05) is 16.9 Å². The zero-order valence-electron chi connectivity index (χ0n) is 11.9. The Morgan fingerprint density at radius 3 is 2.42 bits per heavy atom. The molecule has 5 nitrogen and oxygen atoms in total. The number of hydrogen-bond acceptors (Lipinski definition) is 6. The Kier molecular flexibility index (Phi) is 3.49. The summed E-state index contributed by atoms with van der Waals surface area (Å²) in [6.45, 7) is 10.1. The van der Waals surface area contributed by atoms with Crippen molar-refractivity contribution in [2.75, 3.05) is 6.61 Å². The Morgan fingerprint density at radius 2 is 1.89 bits per heavy atom. The van der Waals surface area contributed by atoms with Gasteiger partial charge < -0.3 is 9.63 Å². The molecular formula is C13H19N3O2S. The second kappa shape index (κ2) is 4.68. The van der Waals surface area contributed by atoms with Crippen LogP contribution in [0.25, 0.3) is 10.8 Å². The number of nitrogens with zero attached hydrogens (tertiary/aromatic N) is 3. The van der Waals surface area contributed by atoms with Crippen molar-refractivity contribution in [2.24, 2.45) is 0 Å². The lowest BCUT2D eigenvalue weighted by Gasteiger charge is -2.16. The van der Waals surface area contributed by atoms with Crippen molar-refractivity contribution in [2.45, 2.75) is 45.4 Å². The van der Waals surface area contributed by atoms with Gasteiger partial charge in [0.05, 0.1) is 12.3 Å². The molecule has 0 unspecified atom stereocenters. The van der Waals surface area contributed by atoms with Crippen LogP contribution in [0.15, 0.2) is 10.6 Å². The number of hydrogen-bond donors (Lipinski definition) is 1. The summed E-state index contributed by atoms with van der Waals surface area (Å²) in [6, 6.07) is 1.82. The molecule has 0 spiro atoms. The summed E-state index contributed by atoms with van der Waals surface area (Å²) in [5.74, 6) is 0.601. The minimum atomic E-state index is -0.417. The van der Waals surface area contributed by atoms with E-state index in [9.17, 15) is 5.11 Å². The van der Waals surface area contributed by atoms with Crippen molar-refractivity contribution < 1.29 is 9.63 Å². The van der Waals surface area contributed by atoms with E-state index in [4.69, 9.17) is 4.52 Å². The van der Waals surface area contributed by atoms with Crippen LogP contribution in [0.4, 0.5) is 0 Å². The third-order valence-corrected chi connectivity index (χ3v) is 4.24. The highest BCUT2D eigenvalue weighted by Gasteiger charge is 2.26. The van der Waals surface area contributed by atoms with Gasteiger partial charge in [0.2, 0.25) is 0 Å². The Morgan fingerprint density at radius 1 is 1.21 bits per heavy atom. The molecule has 2 aromatic heterocycles. The first kappa shape index (κ1) is 14.1. The molecule has 0 aliphatic carbocycles. The van der Waals surface area contributed by atoms with Crippen molar-refractivity contribution >= 4 is 11.3 Å². The largest absolute Gasteiger partial charge is 0.395 e. The van der Waals surface area contributed by atoms with E-state index < -0.39 is 5.41 Å². The molecule has 0 aromatic carbocycles. The van der Waals surface area contributed by atoms with Crippen LogP contribution in [0.1, 0.15) is 45.3 Å². The number of aromatic nitrogens is 3. The standard InChI is InChI=1S/C13H19N3O2S/c1-12(2,3)11-15-14-10(19-11)8-6-9(16-18-8)13(4,5)7-17/h6,17H,7H2,1-5H3. The van der Waals surface area contributed by atoms with Crippen molar-refractivity contribution in [1.82, 2.24) is 15.4 Å². The van der Waals surface area contributed by atoms with Gasteiger partial charge >= 0.3 is 0 Å². The van der Waals surface area contributed by atoms with Gasteiger partial charge in [0.1, 0.15) is 5.01 Å². The predicted octanol–water partition coefficient (Wildman–Crippen LogP) is 2.76. The second-order valence-corrected chi connectivity index (χ2v) is 7.26. The average molecular weight is 281 g/mol.